The van der Waals surface area contributed by atoms with Crippen molar-refractivity contribution >= 4 is 45.5 Å². The normalized spacial score (nSPS) is 10.1. The van der Waals surface area contributed by atoms with Crippen molar-refractivity contribution in [3.63, 3.8) is 0 Å². The van der Waals surface area contributed by atoms with E-state index in [4.69, 9.17) is 16.9 Å². The van der Waals surface area contributed by atoms with Gasteiger partial charge < -0.3 is 0 Å². The Labute approximate surface area is 117 Å². The molecule has 0 aliphatic carbocycles. The first kappa shape index (κ1) is 11.9. The van der Waals surface area contributed by atoms with Gasteiger partial charge in [-0.2, -0.15) is 5.26 Å². The monoisotopic (exact) mass is 359 g/mol. The molecule has 0 N–H and O–H groups in total. The van der Waals surface area contributed by atoms with Crippen molar-refractivity contribution in [1.29, 1.82) is 5.26 Å². The number of rotatable bonds is 2. The van der Waals surface area contributed by atoms with Crippen LogP contribution in [0.15, 0.2) is 30.3 Å². The van der Waals surface area contributed by atoms with E-state index in [0.717, 1.165) is 19.9 Å². The molecule has 0 unspecified atom stereocenters. The zero-order valence-electron chi connectivity index (χ0n) is 8.21. The molecule has 80 valence electrons. The van der Waals surface area contributed by atoms with Gasteiger partial charge in [0.05, 0.1) is 0 Å². The van der Waals surface area contributed by atoms with Gasteiger partial charge in [0.1, 0.15) is 10.9 Å². The highest BCUT2D eigenvalue weighted by Gasteiger charge is 2.07. The average molecular weight is 360 g/mol. The highest BCUT2D eigenvalue weighted by Crippen LogP contribution is 2.26. The van der Waals surface area contributed by atoms with Gasteiger partial charge in [-0.15, -0.1) is 11.3 Å². The van der Waals surface area contributed by atoms with Crippen LogP contribution in [-0.2, 0) is 6.42 Å². The molecule has 0 bridgehead atoms. The smallest absolute Gasteiger partial charge is 0.110 e. The fraction of sp³-hybridized carbons (Fsp3) is 0.0833. The Morgan fingerprint density at radius 3 is 2.56 bits per heavy atom. The summed E-state index contributed by atoms with van der Waals surface area (Å²) in [7, 11) is 0. The highest BCUT2D eigenvalue weighted by molar-refractivity contribution is 14.1. The molecule has 0 aliphatic rings. The van der Waals surface area contributed by atoms with E-state index in [2.05, 4.69) is 28.7 Å². The fourth-order valence-corrected chi connectivity index (χ4v) is 3.42. The standard InChI is InChI=1S/C12H7ClINS/c13-9-3-1-8(2-4-9)5-12-11(14)6-10(7-15)16-12/h1-4,6H,5H2. The van der Waals surface area contributed by atoms with E-state index in [1.807, 2.05) is 30.3 Å². The van der Waals surface area contributed by atoms with Crippen molar-refractivity contribution in [3.8, 4) is 6.07 Å². The summed E-state index contributed by atoms with van der Waals surface area (Å²) in [5, 5.41) is 9.57. The van der Waals surface area contributed by atoms with Gasteiger partial charge in [-0.05, 0) is 46.4 Å². The van der Waals surface area contributed by atoms with Crippen LogP contribution in [0.3, 0.4) is 0 Å². The zero-order chi connectivity index (χ0) is 11.5. The molecule has 2 rings (SSSR count). The number of thiophene rings is 1. The Morgan fingerprint density at radius 1 is 1.31 bits per heavy atom. The maximum absolute atomic E-state index is 8.82. The summed E-state index contributed by atoms with van der Waals surface area (Å²) in [5.74, 6) is 0. The fourth-order valence-electron chi connectivity index (χ4n) is 1.37. The molecule has 0 amide bonds. The summed E-state index contributed by atoms with van der Waals surface area (Å²) < 4.78 is 1.16. The third kappa shape index (κ3) is 2.76. The quantitative estimate of drug-likeness (QED) is 0.726. The van der Waals surface area contributed by atoms with Gasteiger partial charge in [-0.3, -0.25) is 0 Å². The Bertz CT molecular complexity index is 539. The molecule has 0 atom stereocenters. The zero-order valence-corrected chi connectivity index (χ0v) is 11.9. The van der Waals surface area contributed by atoms with Gasteiger partial charge >= 0.3 is 0 Å². The van der Waals surface area contributed by atoms with E-state index < -0.39 is 0 Å². The lowest BCUT2D eigenvalue weighted by atomic mass is 10.1. The van der Waals surface area contributed by atoms with E-state index in [9.17, 15) is 0 Å². The topological polar surface area (TPSA) is 23.8 Å². The minimum absolute atomic E-state index is 0.752. The van der Waals surface area contributed by atoms with E-state index >= 15 is 0 Å². The molecule has 0 aliphatic heterocycles. The first-order chi connectivity index (χ1) is 7.69. The Kier molecular flexibility index (Phi) is 3.85. The van der Waals surface area contributed by atoms with Crippen LogP contribution in [0, 0.1) is 14.9 Å². The maximum Gasteiger partial charge on any atom is 0.110 e. The molecule has 0 saturated carbocycles. The minimum atomic E-state index is 0.752. The van der Waals surface area contributed by atoms with Crippen LogP contribution in [0.5, 0.6) is 0 Å². The third-order valence-electron chi connectivity index (χ3n) is 2.15. The molecule has 1 nitrogen and oxygen atoms in total. The Balaban J connectivity index is 2.24. The molecule has 1 aromatic carbocycles. The number of nitrogens with zero attached hydrogens (tertiary/aromatic N) is 1. The van der Waals surface area contributed by atoms with Gasteiger partial charge in [0.15, 0.2) is 0 Å². The molecule has 1 aromatic heterocycles. The van der Waals surface area contributed by atoms with Crippen LogP contribution < -0.4 is 0 Å². The van der Waals surface area contributed by atoms with Gasteiger partial charge in [-0.25, -0.2) is 0 Å². The summed E-state index contributed by atoms with van der Waals surface area (Å²) in [6.07, 6.45) is 0.863. The number of hydrogen-bond acceptors (Lipinski definition) is 2. The number of hydrogen-bond donors (Lipinski definition) is 0. The van der Waals surface area contributed by atoms with Crippen LogP contribution in [0.25, 0.3) is 0 Å². The van der Waals surface area contributed by atoms with Gasteiger partial charge in [0.2, 0.25) is 0 Å². The molecule has 16 heavy (non-hydrogen) atoms. The minimum Gasteiger partial charge on any atom is -0.192 e. The summed E-state index contributed by atoms with van der Waals surface area (Å²) >= 11 is 9.66. The van der Waals surface area contributed by atoms with Gasteiger partial charge in [-0.1, -0.05) is 23.7 Å². The average Bonchev–Trinajstić information content (AvgIpc) is 2.63. The van der Waals surface area contributed by atoms with Crippen LogP contribution in [-0.4, -0.2) is 0 Å². The predicted molar refractivity (Wildman–Crippen MR) is 76.0 cm³/mol. The molecule has 0 radical (unpaired) electrons. The van der Waals surface area contributed by atoms with E-state index in [1.54, 1.807) is 11.3 Å². The van der Waals surface area contributed by atoms with E-state index in [1.165, 1.54) is 10.4 Å². The molecule has 0 spiro atoms. The summed E-state index contributed by atoms with van der Waals surface area (Å²) in [6.45, 7) is 0. The number of halogens is 2. The van der Waals surface area contributed by atoms with E-state index in [0.29, 0.717) is 0 Å². The van der Waals surface area contributed by atoms with Crippen LogP contribution in [0.1, 0.15) is 15.3 Å². The third-order valence-corrected chi connectivity index (χ3v) is 4.77. The summed E-state index contributed by atoms with van der Waals surface area (Å²) in [5.41, 5.74) is 1.22. The lowest BCUT2D eigenvalue weighted by molar-refractivity contribution is 1.23. The van der Waals surface area contributed by atoms with E-state index in [-0.39, 0.29) is 0 Å². The van der Waals surface area contributed by atoms with Crippen molar-refractivity contribution in [2.45, 2.75) is 6.42 Å². The van der Waals surface area contributed by atoms with Crippen molar-refractivity contribution in [3.05, 3.63) is 54.2 Å². The number of benzene rings is 1. The maximum atomic E-state index is 8.82. The van der Waals surface area contributed by atoms with Crippen molar-refractivity contribution in [2.75, 3.05) is 0 Å². The molecule has 4 heteroatoms. The second-order valence-corrected chi connectivity index (χ2v) is 6.03. The second-order valence-electron chi connectivity index (χ2n) is 3.30. The lowest BCUT2D eigenvalue weighted by Crippen LogP contribution is -1.85. The summed E-state index contributed by atoms with van der Waals surface area (Å²) in [6, 6.07) is 11.9. The second kappa shape index (κ2) is 5.17. The molecular weight excluding hydrogens is 353 g/mol. The number of nitriles is 1. The first-order valence-corrected chi connectivity index (χ1v) is 6.89. The SMILES string of the molecule is N#Cc1cc(I)c(Cc2ccc(Cl)cc2)s1. The molecular formula is C12H7ClINS. The molecule has 1 heterocycles. The predicted octanol–water partition coefficient (Wildman–Crippen LogP) is 4.47. The highest BCUT2D eigenvalue weighted by atomic mass is 127. The molecule has 0 saturated heterocycles. The first-order valence-electron chi connectivity index (χ1n) is 4.62. The van der Waals surface area contributed by atoms with Crippen molar-refractivity contribution < 1.29 is 0 Å². The molecule has 0 fully saturated rings. The Morgan fingerprint density at radius 2 is 2.00 bits per heavy atom. The van der Waals surface area contributed by atoms with Gasteiger partial charge in [0, 0.05) is 19.9 Å². The van der Waals surface area contributed by atoms with Crippen LogP contribution >= 0.6 is 45.5 Å². The Hall–Kier alpha value is -0.570. The van der Waals surface area contributed by atoms with Crippen molar-refractivity contribution in [2.24, 2.45) is 0 Å². The largest absolute Gasteiger partial charge is 0.192 e. The van der Waals surface area contributed by atoms with Crippen LogP contribution in [0.4, 0.5) is 0 Å². The van der Waals surface area contributed by atoms with Crippen molar-refractivity contribution in [1.82, 2.24) is 0 Å². The molecule has 2 aromatic rings. The lowest BCUT2D eigenvalue weighted by Gasteiger charge is -1.99. The van der Waals surface area contributed by atoms with Gasteiger partial charge in [0.25, 0.3) is 0 Å². The summed E-state index contributed by atoms with van der Waals surface area (Å²) in [4.78, 5) is 2.01. The van der Waals surface area contributed by atoms with Crippen LogP contribution in [0.2, 0.25) is 5.02 Å².